The Morgan fingerprint density at radius 1 is 1.19 bits per heavy atom. The summed E-state index contributed by atoms with van der Waals surface area (Å²) in [7, 11) is 0. The van der Waals surface area contributed by atoms with Gasteiger partial charge in [-0.15, -0.1) is 0 Å². The predicted molar refractivity (Wildman–Crippen MR) is 103 cm³/mol. The zero-order valence-electron chi connectivity index (χ0n) is 16.1. The second-order valence-corrected chi connectivity index (χ2v) is 7.43. The molecule has 1 aromatic carbocycles. The standard InChI is InChI=1S/C21H30N2O4/c1-2-27-19(24)17-8-12-23(13-9-17)20(25)22-16-21(10-14-26-15-11-21)18-6-4-3-5-7-18/h3-7,17H,2,8-16H2,1H3,(H,22,25). The van der Waals surface area contributed by atoms with Crippen molar-refractivity contribution in [2.24, 2.45) is 5.92 Å². The van der Waals surface area contributed by atoms with E-state index in [1.807, 2.05) is 17.9 Å². The summed E-state index contributed by atoms with van der Waals surface area (Å²) in [4.78, 5) is 26.3. The first-order valence-electron chi connectivity index (χ1n) is 9.97. The van der Waals surface area contributed by atoms with Gasteiger partial charge in [-0.1, -0.05) is 30.3 Å². The van der Waals surface area contributed by atoms with Gasteiger partial charge in [0.05, 0.1) is 12.5 Å². The Morgan fingerprint density at radius 2 is 1.85 bits per heavy atom. The summed E-state index contributed by atoms with van der Waals surface area (Å²) in [5, 5.41) is 3.15. The summed E-state index contributed by atoms with van der Waals surface area (Å²) in [5.41, 5.74) is 1.19. The van der Waals surface area contributed by atoms with Crippen molar-refractivity contribution in [1.29, 1.82) is 0 Å². The molecule has 2 aliphatic rings. The van der Waals surface area contributed by atoms with Crippen molar-refractivity contribution in [3.63, 3.8) is 0 Å². The third-order valence-corrected chi connectivity index (χ3v) is 5.82. The normalized spacial score (nSPS) is 20.1. The molecule has 1 aromatic rings. The van der Waals surface area contributed by atoms with Crippen molar-refractivity contribution in [1.82, 2.24) is 10.2 Å². The van der Waals surface area contributed by atoms with Gasteiger partial charge >= 0.3 is 12.0 Å². The van der Waals surface area contributed by atoms with E-state index in [4.69, 9.17) is 9.47 Å². The fraction of sp³-hybridized carbons (Fsp3) is 0.619. The quantitative estimate of drug-likeness (QED) is 0.805. The van der Waals surface area contributed by atoms with Gasteiger partial charge in [0.15, 0.2) is 0 Å². The lowest BCUT2D eigenvalue weighted by molar-refractivity contribution is -0.149. The molecule has 0 aliphatic carbocycles. The van der Waals surface area contributed by atoms with Gasteiger partial charge < -0.3 is 19.7 Å². The largest absolute Gasteiger partial charge is 0.466 e. The number of esters is 1. The van der Waals surface area contributed by atoms with Crippen molar-refractivity contribution < 1.29 is 19.1 Å². The summed E-state index contributed by atoms with van der Waals surface area (Å²) >= 11 is 0. The molecule has 2 saturated heterocycles. The van der Waals surface area contributed by atoms with Crippen LogP contribution < -0.4 is 5.32 Å². The van der Waals surface area contributed by atoms with Gasteiger partial charge in [0.2, 0.25) is 0 Å². The number of benzene rings is 1. The first-order valence-corrected chi connectivity index (χ1v) is 9.97. The Hall–Kier alpha value is -2.08. The van der Waals surface area contributed by atoms with Crippen LogP contribution in [0.5, 0.6) is 0 Å². The number of likely N-dealkylation sites (tertiary alicyclic amines) is 1. The topological polar surface area (TPSA) is 67.9 Å². The highest BCUT2D eigenvalue weighted by Gasteiger charge is 2.35. The Kier molecular flexibility index (Phi) is 6.72. The summed E-state index contributed by atoms with van der Waals surface area (Å²) in [5.74, 6) is -0.219. The maximum Gasteiger partial charge on any atom is 0.317 e. The number of nitrogens with zero attached hydrogens (tertiary/aromatic N) is 1. The Labute approximate surface area is 161 Å². The summed E-state index contributed by atoms with van der Waals surface area (Å²) in [6, 6.07) is 10.4. The van der Waals surface area contributed by atoms with Crippen LogP contribution >= 0.6 is 0 Å². The molecular weight excluding hydrogens is 344 g/mol. The number of hydrogen-bond donors (Lipinski definition) is 1. The lowest BCUT2D eigenvalue weighted by atomic mass is 9.74. The molecule has 0 bridgehead atoms. The number of piperidine rings is 1. The highest BCUT2D eigenvalue weighted by molar-refractivity contribution is 5.76. The molecule has 0 aromatic heterocycles. The smallest absolute Gasteiger partial charge is 0.317 e. The lowest BCUT2D eigenvalue weighted by Crippen LogP contribution is -2.50. The second kappa shape index (κ2) is 9.22. The van der Waals surface area contributed by atoms with Crippen LogP contribution in [0.4, 0.5) is 4.79 Å². The molecule has 27 heavy (non-hydrogen) atoms. The number of nitrogens with one attached hydrogen (secondary N) is 1. The average molecular weight is 374 g/mol. The number of amides is 2. The van der Waals surface area contributed by atoms with Crippen LogP contribution in [0, 0.1) is 5.92 Å². The number of carbonyl (C=O) groups is 2. The van der Waals surface area contributed by atoms with Crippen molar-refractivity contribution in [2.45, 2.75) is 38.0 Å². The molecule has 0 unspecified atom stereocenters. The number of ether oxygens (including phenoxy) is 2. The molecule has 3 rings (SSSR count). The Balaban J connectivity index is 1.55. The first-order chi connectivity index (χ1) is 13.1. The SMILES string of the molecule is CCOC(=O)C1CCN(C(=O)NCC2(c3ccccc3)CCOCC2)CC1. The van der Waals surface area contributed by atoms with Gasteiger partial charge in [0, 0.05) is 38.3 Å². The van der Waals surface area contributed by atoms with Gasteiger partial charge in [0.1, 0.15) is 0 Å². The van der Waals surface area contributed by atoms with E-state index in [9.17, 15) is 9.59 Å². The molecule has 148 valence electrons. The molecule has 6 nitrogen and oxygen atoms in total. The molecule has 2 amide bonds. The zero-order valence-corrected chi connectivity index (χ0v) is 16.1. The second-order valence-electron chi connectivity index (χ2n) is 7.43. The summed E-state index contributed by atoms with van der Waals surface area (Å²) in [6.45, 7) is 5.46. The first kappa shape index (κ1) is 19.7. The van der Waals surface area contributed by atoms with Crippen LogP contribution in [0.2, 0.25) is 0 Å². The molecular formula is C21H30N2O4. The van der Waals surface area contributed by atoms with Crippen LogP contribution in [-0.4, -0.2) is 56.4 Å². The van der Waals surface area contributed by atoms with Crippen molar-refractivity contribution in [2.75, 3.05) is 39.5 Å². The third kappa shape index (κ3) is 4.80. The van der Waals surface area contributed by atoms with Gasteiger partial charge in [0.25, 0.3) is 0 Å². The minimum absolute atomic E-state index is 0.0425. The minimum Gasteiger partial charge on any atom is -0.466 e. The maximum absolute atomic E-state index is 12.7. The molecule has 2 fully saturated rings. The maximum atomic E-state index is 12.7. The van der Waals surface area contributed by atoms with E-state index >= 15 is 0 Å². The highest BCUT2D eigenvalue weighted by Crippen LogP contribution is 2.34. The monoisotopic (exact) mass is 374 g/mol. The zero-order chi connectivity index (χ0) is 19.1. The fourth-order valence-corrected chi connectivity index (χ4v) is 4.06. The van der Waals surface area contributed by atoms with Crippen LogP contribution in [-0.2, 0) is 19.7 Å². The summed E-state index contributed by atoms with van der Waals surface area (Å²) < 4.78 is 10.7. The lowest BCUT2D eigenvalue weighted by Gasteiger charge is -2.39. The van der Waals surface area contributed by atoms with Crippen LogP contribution in [0.25, 0.3) is 0 Å². The molecule has 2 heterocycles. The van der Waals surface area contributed by atoms with Crippen molar-refractivity contribution >= 4 is 12.0 Å². The van der Waals surface area contributed by atoms with E-state index in [0.717, 1.165) is 26.1 Å². The number of hydrogen-bond acceptors (Lipinski definition) is 4. The minimum atomic E-state index is -0.136. The van der Waals surface area contributed by atoms with Crippen LogP contribution in [0.15, 0.2) is 30.3 Å². The summed E-state index contributed by atoms with van der Waals surface area (Å²) in [6.07, 6.45) is 3.15. The van der Waals surface area contributed by atoms with Crippen LogP contribution in [0.3, 0.4) is 0 Å². The molecule has 0 spiro atoms. The molecule has 2 aliphatic heterocycles. The van der Waals surface area contributed by atoms with E-state index in [2.05, 4.69) is 29.6 Å². The van der Waals surface area contributed by atoms with Crippen LogP contribution in [0.1, 0.15) is 38.2 Å². The molecule has 0 saturated carbocycles. The van der Waals surface area contributed by atoms with Gasteiger partial charge in [-0.2, -0.15) is 0 Å². The fourth-order valence-electron chi connectivity index (χ4n) is 4.06. The Bertz CT molecular complexity index is 620. The van der Waals surface area contributed by atoms with Crippen molar-refractivity contribution in [3.05, 3.63) is 35.9 Å². The number of carbonyl (C=O) groups excluding carboxylic acids is 2. The van der Waals surface area contributed by atoms with Gasteiger partial charge in [-0.05, 0) is 38.2 Å². The van der Waals surface area contributed by atoms with Crippen molar-refractivity contribution in [3.8, 4) is 0 Å². The van der Waals surface area contributed by atoms with E-state index in [1.54, 1.807) is 0 Å². The van der Waals surface area contributed by atoms with Gasteiger partial charge in [-0.3, -0.25) is 4.79 Å². The molecule has 0 radical (unpaired) electrons. The molecule has 6 heteroatoms. The van der Waals surface area contributed by atoms with E-state index in [-0.39, 0.29) is 23.3 Å². The predicted octanol–water partition coefficient (Wildman–Crippen LogP) is 2.72. The van der Waals surface area contributed by atoms with E-state index in [1.165, 1.54) is 5.56 Å². The Morgan fingerprint density at radius 3 is 2.48 bits per heavy atom. The number of urea groups is 1. The van der Waals surface area contributed by atoms with E-state index < -0.39 is 0 Å². The highest BCUT2D eigenvalue weighted by atomic mass is 16.5. The molecule has 0 atom stereocenters. The molecule has 1 N–H and O–H groups in total. The van der Waals surface area contributed by atoms with E-state index in [0.29, 0.717) is 39.1 Å². The average Bonchev–Trinajstić information content (AvgIpc) is 2.73. The third-order valence-electron chi connectivity index (χ3n) is 5.82. The number of rotatable bonds is 5. The van der Waals surface area contributed by atoms with Gasteiger partial charge in [-0.25, -0.2) is 4.79 Å².